The maximum absolute atomic E-state index is 4.77. The van der Waals surface area contributed by atoms with Crippen molar-refractivity contribution in [1.29, 1.82) is 0 Å². The molecular weight excluding hydrogens is 358 g/mol. The van der Waals surface area contributed by atoms with Gasteiger partial charge in [-0.25, -0.2) is 9.50 Å². The van der Waals surface area contributed by atoms with Gasteiger partial charge in [0.15, 0.2) is 5.65 Å². The second-order valence-electron chi connectivity index (χ2n) is 8.24. The third kappa shape index (κ3) is 2.88. The predicted molar refractivity (Wildman–Crippen MR) is 107 cm³/mol. The van der Waals surface area contributed by atoms with E-state index >= 15 is 0 Å². The van der Waals surface area contributed by atoms with Crippen LogP contribution in [-0.4, -0.2) is 42.3 Å². The molecule has 0 saturated carbocycles. The summed E-state index contributed by atoms with van der Waals surface area (Å²) in [5.74, 6) is 1.52. The molecular formula is C19H23N7S. The van der Waals surface area contributed by atoms with E-state index in [9.17, 15) is 0 Å². The Hall–Kier alpha value is -2.48. The third-order valence-electron chi connectivity index (χ3n) is 5.27. The number of fused-ring (bicyclic) bond motifs is 2. The Morgan fingerprint density at radius 1 is 1.11 bits per heavy atom. The van der Waals surface area contributed by atoms with E-state index in [2.05, 4.69) is 52.7 Å². The summed E-state index contributed by atoms with van der Waals surface area (Å²) in [6.45, 7) is 8.50. The van der Waals surface area contributed by atoms with Crippen LogP contribution in [0.2, 0.25) is 0 Å². The monoisotopic (exact) mass is 381 g/mol. The first kappa shape index (κ1) is 16.7. The number of hydrogen-bond donors (Lipinski definition) is 0. The molecule has 1 saturated heterocycles. The normalized spacial score (nSPS) is 16.6. The van der Waals surface area contributed by atoms with Gasteiger partial charge in [0.2, 0.25) is 10.1 Å². The minimum atomic E-state index is 0.0486. The van der Waals surface area contributed by atoms with E-state index in [0.29, 0.717) is 5.92 Å². The van der Waals surface area contributed by atoms with Gasteiger partial charge in [0.1, 0.15) is 5.82 Å². The highest BCUT2D eigenvalue weighted by atomic mass is 32.1. The van der Waals surface area contributed by atoms with Gasteiger partial charge in [-0.15, -0.1) is 15.3 Å². The first-order valence-corrected chi connectivity index (χ1v) is 10.2. The quantitative estimate of drug-likeness (QED) is 0.532. The van der Waals surface area contributed by atoms with Gasteiger partial charge in [-0.05, 0) is 25.0 Å². The molecule has 1 fully saturated rings. The second kappa shape index (κ2) is 6.02. The first-order valence-electron chi connectivity index (χ1n) is 9.40. The lowest BCUT2D eigenvalue weighted by atomic mass is 9.93. The van der Waals surface area contributed by atoms with Crippen LogP contribution in [0, 0.1) is 0 Å². The van der Waals surface area contributed by atoms with E-state index in [1.165, 1.54) is 0 Å². The molecule has 1 aliphatic heterocycles. The van der Waals surface area contributed by atoms with Gasteiger partial charge in [0.05, 0.1) is 11.9 Å². The van der Waals surface area contributed by atoms with Crippen LogP contribution in [0.15, 0.2) is 30.6 Å². The van der Waals surface area contributed by atoms with Crippen molar-refractivity contribution >= 4 is 27.1 Å². The molecule has 0 amide bonds. The van der Waals surface area contributed by atoms with Crippen molar-refractivity contribution in [2.24, 2.45) is 0 Å². The summed E-state index contributed by atoms with van der Waals surface area (Å²) in [5.41, 5.74) is 2.06. The molecule has 8 heteroatoms. The zero-order valence-corrected chi connectivity index (χ0v) is 16.6. The van der Waals surface area contributed by atoms with Crippen LogP contribution < -0.4 is 4.90 Å². The van der Waals surface area contributed by atoms with Crippen molar-refractivity contribution in [3.05, 3.63) is 42.1 Å². The first-order chi connectivity index (χ1) is 13.0. The highest BCUT2D eigenvalue weighted by Gasteiger charge is 2.27. The summed E-state index contributed by atoms with van der Waals surface area (Å²) in [4.78, 5) is 8.10. The van der Waals surface area contributed by atoms with Crippen LogP contribution in [0.25, 0.3) is 10.6 Å². The average Bonchev–Trinajstić information content (AvgIpc) is 3.34. The van der Waals surface area contributed by atoms with Crippen molar-refractivity contribution in [1.82, 2.24) is 29.2 Å². The van der Waals surface area contributed by atoms with Crippen molar-refractivity contribution in [2.75, 3.05) is 18.0 Å². The molecule has 5 heterocycles. The van der Waals surface area contributed by atoms with E-state index in [1.54, 1.807) is 11.3 Å². The van der Waals surface area contributed by atoms with Crippen LogP contribution in [0.5, 0.6) is 0 Å². The summed E-state index contributed by atoms with van der Waals surface area (Å²) in [7, 11) is 0. The van der Waals surface area contributed by atoms with E-state index < -0.39 is 0 Å². The fourth-order valence-corrected chi connectivity index (χ4v) is 4.58. The summed E-state index contributed by atoms with van der Waals surface area (Å²) in [5, 5.41) is 14.6. The largest absolute Gasteiger partial charge is 0.347 e. The van der Waals surface area contributed by atoms with Crippen LogP contribution in [-0.2, 0) is 5.41 Å². The Morgan fingerprint density at radius 3 is 2.67 bits per heavy atom. The number of nitrogens with zero attached hydrogens (tertiary/aromatic N) is 7. The molecule has 4 aromatic heterocycles. The zero-order chi connectivity index (χ0) is 18.6. The van der Waals surface area contributed by atoms with Gasteiger partial charge < -0.3 is 4.90 Å². The van der Waals surface area contributed by atoms with E-state index in [1.807, 2.05) is 22.7 Å². The molecule has 0 radical (unpaired) electrons. The van der Waals surface area contributed by atoms with Crippen molar-refractivity contribution in [3.63, 3.8) is 0 Å². The second-order valence-corrected chi connectivity index (χ2v) is 9.17. The molecule has 27 heavy (non-hydrogen) atoms. The minimum Gasteiger partial charge on any atom is -0.347 e. The standard InChI is InChI=1S/C19H23N7S/c1-19(2,3)14-12-26-17(20-14)27-18(23-26)24-10-7-13(8-11-24)16-22-21-15-6-4-5-9-25(15)16/h4-6,9,12-13H,7-8,10-11H2,1-3H3. The summed E-state index contributed by atoms with van der Waals surface area (Å²) < 4.78 is 4.05. The number of anilines is 1. The van der Waals surface area contributed by atoms with E-state index in [0.717, 1.165) is 53.2 Å². The lowest BCUT2D eigenvalue weighted by Crippen LogP contribution is -2.33. The highest BCUT2D eigenvalue weighted by molar-refractivity contribution is 7.20. The molecule has 0 bridgehead atoms. The van der Waals surface area contributed by atoms with Gasteiger partial charge in [-0.1, -0.05) is 38.2 Å². The van der Waals surface area contributed by atoms with Crippen molar-refractivity contribution < 1.29 is 0 Å². The number of imidazole rings is 1. The van der Waals surface area contributed by atoms with Gasteiger partial charge in [-0.2, -0.15) is 0 Å². The molecule has 0 N–H and O–H groups in total. The molecule has 0 unspecified atom stereocenters. The summed E-state index contributed by atoms with van der Waals surface area (Å²) in [6.07, 6.45) is 6.24. The van der Waals surface area contributed by atoms with Crippen LogP contribution >= 0.6 is 11.3 Å². The van der Waals surface area contributed by atoms with Gasteiger partial charge >= 0.3 is 0 Å². The van der Waals surface area contributed by atoms with Crippen molar-refractivity contribution in [3.8, 4) is 0 Å². The number of hydrogen-bond acceptors (Lipinski definition) is 6. The Balaban J connectivity index is 1.33. The fraction of sp³-hybridized carbons (Fsp3) is 0.474. The lowest BCUT2D eigenvalue weighted by Gasteiger charge is -2.30. The number of aromatic nitrogens is 6. The Kier molecular flexibility index (Phi) is 3.72. The number of pyridine rings is 1. The maximum atomic E-state index is 4.77. The third-order valence-corrected chi connectivity index (χ3v) is 6.25. The molecule has 0 atom stereocenters. The molecule has 0 aromatic carbocycles. The average molecular weight is 382 g/mol. The Labute approximate surface area is 161 Å². The van der Waals surface area contributed by atoms with Crippen LogP contribution in [0.3, 0.4) is 0 Å². The topological polar surface area (TPSA) is 63.6 Å². The predicted octanol–water partition coefficient (Wildman–Crippen LogP) is 3.52. The van der Waals surface area contributed by atoms with E-state index in [4.69, 9.17) is 10.1 Å². The Morgan fingerprint density at radius 2 is 1.93 bits per heavy atom. The summed E-state index contributed by atoms with van der Waals surface area (Å²) >= 11 is 1.68. The molecule has 140 valence electrons. The van der Waals surface area contributed by atoms with Gasteiger partial charge in [0, 0.05) is 30.6 Å². The highest BCUT2D eigenvalue weighted by Crippen LogP contribution is 2.32. The SMILES string of the molecule is CC(C)(C)c1cn2nc(N3CCC(c4nnc5ccccn45)CC3)sc2n1. The Bertz CT molecular complexity index is 1060. The number of piperidine rings is 1. The molecule has 7 nitrogen and oxygen atoms in total. The maximum Gasteiger partial charge on any atom is 0.214 e. The van der Waals surface area contributed by atoms with E-state index in [-0.39, 0.29) is 5.41 Å². The fourth-order valence-electron chi connectivity index (χ4n) is 3.65. The smallest absolute Gasteiger partial charge is 0.214 e. The zero-order valence-electron chi connectivity index (χ0n) is 15.8. The summed E-state index contributed by atoms with van der Waals surface area (Å²) in [6, 6.07) is 6.04. The van der Waals surface area contributed by atoms with Gasteiger partial charge in [0.25, 0.3) is 0 Å². The molecule has 1 aliphatic rings. The molecule has 4 aromatic rings. The number of rotatable bonds is 2. The molecule has 0 aliphatic carbocycles. The lowest BCUT2D eigenvalue weighted by molar-refractivity contribution is 0.481. The van der Waals surface area contributed by atoms with Gasteiger partial charge in [-0.3, -0.25) is 4.40 Å². The molecule has 5 rings (SSSR count). The molecule has 0 spiro atoms. The van der Waals surface area contributed by atoms with Crippen molar-refractivity contribution in [2.45, 2.75) is 44.9 Å². The van der Waals surface area contributed by atoms with Crippen LogP contribution in [0.1, 0.15) is 51.0 Å². The van der Waals surface area contributed by atoms with Crippen LogP contribution in [0.4, 0.5) is 5.13 Å². The minimum absolute atomic E-state index is 0.0486.